The molecule has 326 valence electrons. The second-order valence-electron chi connectivity index (χ2n) is 14.8. The molecular weight excluding hydrogens is 773 g/mol. The fraction of sp³-hybridized carbons (Fsp3) is 0.652. The Morgan fingerprint density at radius 1 is 0.448 bits per heavy atom. The summed E-state index contributed by atoms with van der Waals surface area (Å²) in [4.78, 5) is 52.0. The Kier molecular flexibility index (Phi) is 31.1. The van der Waals surface area contributed by atoms with Crippen LogP contribution in [0.1, 0.15) is 153 Å². The number of amides is 2. The van der Waals surface area contributed by atoms with Gasteiger partial charge < -0.3 is 29.6 Å². The Balaban J connectivity index is 1.87. The molecule has 0 aromatic heterocycles. The first-order chi connectivity index (χ1) is 28.4. The van der Waals surface area contributed by atoms with Crippen LogP contribution >= 0.6 is 21.6 Å². The molecule has 2 N–H and O–H groups in total. The highest BCUT2D eigenvalue weighted by molar-refractivity contribution is 8.76. The van der Waals surface area contributed by atoms with Crippen molar-refractivity contribution in [3.05, 3.63) is 71.8 Å². The van der Waals surface area contributed by atoms with Crippen LogP contribution in [-0.4, -0.2) is 60.9 Å². The van der Waals surface area contributed by atoms with Gasteiger partial charge in [-0.3, -0.25) is 0 Å². The highest BCUT2D eigenvalue weighted by atomic mass is 33.1. The number of hydrogen-bond acceptors (Lipinski definition) is 10. The third-order valence-electron chi connectivity index (χ3n) is 9.62. The molecule has 0 heterocycles. The molecule has 2 aromatic carbocycles. The van der Waals surface area contributed by atoms with Crippen molar-refractivity contribution in [1.82, 2.24) is 10.6 Å². The number of benzene rings is 2. The first-order valence-corrected chi connectivity index (χ1v) is 24.4. The molecule has 2 rings (SSSR count). The van der Waals surface area contributed by atoms with Crippen LogP contribution in [0.25, 0.3) is 0 Å². The van der Waals surface area contributed by atoms with Crippen LogP contribution in [0.2, 0.25) is 0 Å². The number of carbonyl (C=O) groups excluding carboxylic acids is 4. The largest absolute Gasteiger partial charge is 0.464 e. The van der Waals surface area contributed by atoms with E-state index in [0.717, 1.165) is 49.7 Å². The zero-order valence-corrected chi connectivity index (χ0v) is 37.0. The summed E-state index contributed by atoms with van der Waals surface area (Å²) in [5.41, 5.74) is 1.65. The Hall–Kier alpha value is -3.38. The first kappa shape index (κ1) is 50.8. The van der Waals surface area contributed by atoms with Crippen LogP contribution < -0.4 is 10.6 Å². The van der Waals surface area contributed by atoms with Crippen molar-refractivity contribution >= 4 is 45.7 Å². The normalized spacial score (nSPS) is 12.0. The molecule has 2 atom stereocenters. The van der Waals surface area contributed by atoms with Crippen LogP contribution in [-0.2, 0) is 41.8 Å². The third-order valence-corrected chi connectivity index (χ3v) is 12.0. The summed E-state index contributed by atoms with van der Waals surface area (Å²) < 4.78 is 22.0. The summed E-state index contributed by atoms with van der Waals surface area (Å²) in [5, 5.41) is 5.33. The third kappa shape index (κ3) is 27.3. The molecule has 0 aliphatic heterocycles. The van der Waals surface area contributed by atoms with E-state index in [0.29, 0.717) is 0 Å². The number of hydrogen-bond donors (Lipinski definition) is 2. The number of alkyl carbamates (subject to hydrolysis) is 2. The molecule has 2 aromatic rings. The second-order valence-corrected chi connectivity index (χ2v) is 17.3. The van der Waals surface area contributed by atoms with E-state index in [4.69, 9.17) is 18.9 Å². The lowest BCUT2D eigenvalue weighted by Gasteiger charge is -2.19. The fourth-order valence-electron chi connectivity index (χ4n) is 6.11. The van der Waals surface area contributed by atoms with Gasteiger partial charge in [-0.2, -0.15) is 0 Å². The predicted octanol–water partition coefficient (Wildman–Crippen LogP) is 11.9. The molecular formula is C46H72N2O8S2. The molecule has 58 heavy (non-hydrogen) atoms. The summed E-state index contributed by atoms with van der Waals surface area (Å²) in [5.74, 6) is -0.784. The Bertz CT molecular complexity index is 1240. The fourth-order valence-corrected chi connectivity index (χ4v) is 8.41. The average Bonchev–Trinajstić information content (AvgIpc) is 3.24. The zero-order valence-electron chi connectivity index (χ0n) is 35.4. The molecule has 0 radical (unpaired) electrons. The lowest BCUT2D eigenvalue weighted by molar-refractivity contribution is -0.146. The minimum Gasteiger partial charge on any atom is -0.464 e. The maximum atomic E-state index is 13.2. The smallest absolute Gasteiger partial charge is 0.408 e. The highest BCUT2D eigenvalue weighted by Gasteiger charge is 2.26. The van der Waals surface area contributed by atoms with Crippen molar-refractivity contribution in [2.75, 3.05) is 24.7 Å². The molecule has 10 nitrogen and oxygen atoms in total. The lowest BCUT2D eigenvalue weighted by Crippen LogP contribution is -2.44. The van der Waals surface area contributed by atoms with Crippen LogP contribution in [0.5, 0.6) is 0 Å². The van der Waals surface area contributed by atoms with E-state index < -0.39 is 36.2 Å². The van der Waals surface area contributed by atoms with E-state index in [1.54, 1.807) is 0 Å². The molecule has 0 aliphatic carbocycles. The molecule has 0 unspecified atom stereocenters. The quantitative estimate of drug-likeness (QED) is 0.0299. The van der Waals surface area contributed by atoms with Gasteiger partial charge in [0.25, 0.3) is 0 Å². The van der Waals surface area contributed by atoms with Crippen LogP contribution in [0.3, 0.4) is 0 Å². The maximum absolute atomic E-state index is 13.2. The summed E-state index contributed by atoms with van der Waals surface area (Å²) in [7, 11) is 2.56. The number of unbranched alkanes of at least 4 members (excludes halogenated alkanes) is 18. The molecule has 0 spiro atoms. The summed E-state index contributed by atoms with van der Waals surface area (Å²) in [6.07, 6.45) is 21.9. The van der Waals surface area contributed by atoms with E-state index in [-0.39, 0.29) is 37.9 Å². The van der Waals surface area contributed by atoms with Crippen molar-refractivity contribution in [2.24, 2.45) is 0 Å². The van der Waals surface area contributed by atoms with Gasteiger partial charge in [0.1, 0.15) is 25.3 Å². The maximum Gasteiger partial charge on any atom is 0.408 e. The number of ether oxygens (including phenoxy) is 4. The molecule has 12 heteroatoms. The van der Waals surface area contributed by atoms with E-state index in [1.807, 2.05) is 60.7 Å². The van der Waals surface area contributed by atoms with Gasteiger partial charge in [-0.15, -0.1) is 0 Å². The number of esters is 2. The highest BCUT2D eigenvalue weighted by Crippen LogP contribution is 2.24. The van der Waals surface area contributed by atoms with E-state index >= 15 is 0 Å². The van der Waals surface area contributed by atoms with Crippen LogP contribution in [0.4, 0.5) is 9.59 Å². The molecule has 0 bridgehead atoms. The van der Waals surface area contributed by atoms with Crippen molar-refractivity contribution in [3.8, 4) is 0 Å². The summed E-state index contributed by atoms with van der Waals surface area (Å²) in [6.45, 7) is 5.11. The van der Waals surface area contributed by atoms with Gasteiger partial charge in [0.15, 0.2) is 0 Å². The van der Waals surface area contributed by atoms with Gasteiger partial charge in [0, 0.05) is 11.5 Å². The standard InChI is InChI=1S/C46H72N2O8S2/c1-3-5-7-9-11-13-15-17-19-27-33-53-43(49)41(47-45(51)55-35-39-29-23-21-24-30-39)37-57-58-38-42(48-46(52)56-36-40-31-25-22-26-32-40)44(50)54-34-28-20-18-16-14-12-10-8-6-4-2/h21-26,29-32,41-42H,3-20,27-28,33-38H2,1-2H3,(H,47,51)(H,48,52)/t41-,42-/m1/s1. The zero-order chi connectivity index (χ0) is 41.7. The minimum absolute atomic E-state index is 0.0594. The molecule has 0 saturated heterocycles. The van der Waals surface area contributed by atoms with E-state index in [2.05, 4.69) is 24.5 Å². The first-order valence-electron chi connectivity index (χ1n) is 21.9. The lowest BCUT2D eigenvalue weighted by atomic mass is 10.1. The molecule has 0 saturated carbocycles. The summed E-state index contributed by atoms with van der Waals surface area (Å²) >= 11 is 0. The van der Waals surface area contributed by atoms with Gasteiger partial charge in [-0.05, 0) is 24.0 Å². The van der Waals surface area contributed by atoms with Crippen LogP contribution in [0.15, 0.2) is 60.7 Å². The van der Waals surface area contributed by atoms with Gasteiger partial charge >= 0.3 is 24.1 Å². The number of nitrogens with one attached hydrogen (secondary N) is 2. The van der Waals surface area contributed by atoms with Gasteiger partial charge in [0.2, 0.25) is 0 Å². The average molecular weight is 845 g/mol. The topological polar surface area (TPSA) is 129 Å². The van der Waals surface area contributed by atoms with Crippen molar-refractivity contribution in [2.45, 2.75) is 168 Å². The molecule has 0 aliphatic rings. The Morgan fingerprint density at radius 2 is 0.759 bits per heavy atom. The van der Waals surface area contributed by atoms with Crippen LogP contribution in [0, 0.1) is 0 Å². The molecule has 0 fully saturated rings. The van der Waals surface area contributed by atoms with Gasteiger partial charge in [-0.1, -0.05) is 212 Å². The number of carbonyl (C=O) groups is 4. The van der Waals surface area contributed by atoms with Crippen molar-refractivity contribution in [1.29, 1.82) is 0 Å². The van der Waals surface area contributed by atoms with Gasteiger partial charge in [0.05, 0.1) is 13.2 Å². The Labute approximate surface area is 357 Å². The van der Waals surface area contributed by atoms with Crippen molar-refractivity contribution in [3.63, 3.8) is 0 Å². The van der Waals surface area contributed by atoms with Gasteiger partial charge in [-0.25, -0.2) is 19.2 Å². The van der Waals surface area contributed by atoms with E-state index in [9.17, 15) is 19.2 Å². The van der Waals surface area contributed by atoms with Crippen molar-refractivity contribution < 1.29 is 38.1 Å². The predicted molar refractivity (Wildman–Crippen MR) is 238 cm³/mol. The number of rotatable bonds is 35. The monoisotopic (exact) mass is 844 g/mol. The van der Waals surface area contributed by atoms with E-state index in [1.165, 1.54) is 111 Å². The summed E-state index contributed by atoms with van der Waals surface area (Å²) in [6, 6.07) is 16.6. The second kappa shape index (κ2) is 35.6. The minimum atomic E-state index is -0.977. The Morgan fingerprint density at radius 3 is 1.09 bits per heavy atom. The molecule has 2 amide bonds. The SMILES string of the molecule is CCCCCCCCCCCCOC(=O)[C@@H](CSSC[C@@H](NC(=O)OCc1ccccc1)C(=O)OCCCCCCCCCCCC)NC(=O)OCc1ccccc1.